The van der Waals surface area contributed by atoms with Crippen LogP contribution in [0.1, 0.15) is 10.4 Å². The van der Waals surface area contributed by atoms with Gasteiger partial charge in [-0.05, 0) is 46.3 Å². The molecule has 0 unspecified atom stereocenters. The van der Waals surface area contributed by atoms with Gasteiger partial charge in [0.15, 0.2) is 0 Å². The predicted molar refractivity (Wildman–Crippen MR) is 106 cm³/mol. The van der Waals surface area contributed by atoms with Crippen LogP contribution in [0.15, 0.2) is 53.4 Å². The fourth-order valence-electron chi connectivity index (χ4n) is 2.12. The number of hydrazine groups is 1. The molecular formula is C16H11BrClN7O3. The molecule has 0 fully saturated rings. The topological polar surface area (TPSA) is 135 Å². The number of nitrogens with zero attached hydrogens (tertiary/aromatic N) is 4. The van der Waals surface area contributed by atoms with E-state index >= 15 is 0 Å². The first-order chi connectivity index (χ1) is 13.4. The van der Waals surface area contributed by atoms with Gasteiger partial charge in [-0.25, -0.2) is 15.0 Å². The highest BCUT2D eigenvalue weighted by atomic mass is 79.9. The highest BCUT2D eigenvalue weighted by Crippen LogP contribution is 2.30. The molecule has 12 heteroatoms. The van der Waals surface area contributed by atoms with Crippen molar-refractivity contribution in [1.82, 2.24) is 20.4 Å². The molecule has 0 aliphatic rings. The molecule has 1 amide bonds. The highest BCUT2D eigenvalue weighted by molar-refractivity contribution is 9.10. The van der Waals surface area contributed by atoms with E-state index < -0.39 is 16.5 Å². The number of hydrogen-bond acceptors (Lipinski definition) is 8. The summed E-state index contributed by atoms with van der Waals surface area (Å²) in [5.41, 5.74) is 4.60. The van der Waals surface area contributed by atoms with Gasteiger partial charge < -0.3 is 5.32 Å². The van der Waals surface area contributed by atoms with Crippen molar-refractivity contribution in [3.8, 4) is 0 Å². The summed E-state index contributed by atoms with van der Waals surface area (Å²) < 4.78 is 0.751. The summed E-state index contributed by atoms with van der Waals surface area (Å²) in [5.74, 6) is -0.484. The van der Waals surface area contributed by atoms with Gasteiger partial charge >= 0.3 is 5.69 Å². The lowest BCUT2D eigenvalue weighted by Crippen LogP contribution is -2.30. The molecule has 0 atom stereocenters. The van der Waals surface area contributed by atoms with Crippen molar-refractivity contribution < 1.29 is 9.72 Å². The molecule has 2 heterocycles. The number of anilines is 3. The minimum atomic E-state index is -0.672. The quantitative estimate of drug-likeness (QED) is 0.371. The molecule has 142 valence electrons. The van der Waals surface area contributed by atoms with Crippen molar-refractivity contribution in [1.29, 1.82) is 0 Å². The number of hydrogen-bond donors (Lipinski definition) is 3. The Labute approximate surface area is 171 Å². The fourth-order valence-corrected chi connectivity index (χ4v) is 2.55. The maximum Gasteiger partial charge on any atom is 0.355 e. The van der Waals surface area contributed by atoms with Crippen LogP contribution in [0.25, 0.3) is 0 Å². The van der Waals surface area contributed by atoms with Gasteiger partial charge in [0.25, 0.3) is 5.91 Å². The zero-order chi connectivity index (χ0) is 20.1. The van der Waals surface area contributed by atoms with E-state index in [4.69, 9.17) is 11.6 Å². The molecule has 3 rings (SSSR count). The molecule has 0 saturated carbocycles. The third kappa shape index (κ3) is 4.69. The van der Waals surface area contributed by atoms with Crippen LogP contribution in [0.4, 0.5) is 23.1 Å². The maximum atomic E-state index is 12.2. The SMILES string of the molecule is O=C(NNc1ncnc(Nc2ccc(Br)cn2)c1[N+](=O)[O-])c1cccc(Cl)c1. The molecule has 0 bridgehead atoms. The molecule has 0 aliphatic heterocycles. The number of pyridine rings is 1. The van der Waals surface area contributed by atoms with Gasteiger partial charge in [-0.15, -0.1) is 0 Å². The number of carbonyl (C=O) groups excluding carboxylic acids is 1. The van der Waals surface area contributed by atoms with E-state index in [2.05, 4.69) is 47.1 Å². The molecule has 0 saturated heterocycles. The van der Waals surface area contributed by atoms with Crippen LogP contribution in [0, 0.1) is 10.1 Å². The first-order valence-corrected chi connectivity index (χ1v) is 8.81. The van der Waals surface area contributed by atoms with E-state index in [0.717, 1.165) is 10.8 Å². The first-order valence-electron chi connectivity index (χ1n) is 7.64. The summed E-state index contributed by atoms with van der Waals surface area (Å²) in [7, 11) is 0. The third-order valence-corrected chi connectivity index (χ3v) is 4.06. The van der Waals surface area contributed by atoms with E-state index in [9.17, 15) is 14.9 Å². The number of aromatic nitrogens is 3. The zero-order valence-electron chi connectivity index (χ0n) is 13.9. The number of rotatable bonds is 6. The molecule has 10 nitrogen and oxygen atoms in total. The second-order valence-corrected chi connectivity index (χ2v) is 6.60. The molecule has 0 radical (unpaired) electrons. The molecule has 1 aromatic carbocycles. The number of halogens is 2. The summed E-state index contributed by atoms with van der Waals surface area (Å²) in [6.07, 6.45) is 2.64. The average molecular weight is 465 g/mol. The van der Waals surface area contributed by atoms with E-state index in [0.29, 0.717) is 10.8 Å². The molecule has 3 aromatic rings. The smallest absolute Gasteiger partial charge is 0.319 e. The zero-order valence-corrected chi connectivity index (χ0v) is 16.2. The van der Waals surface area contributed by atoms with E-state index in [1.54, 1.807) is 30.3 Å². The molecular weight excluding hydrogens is 454 g/mol. The molecule has 0 spiro atoms. The number of amides is 1. The van der Waals surface area contributed by atoms with Crippen LogP contribution in [-0.2, 0) is 0 Å². The fraction of sp³-hybridized carbons (Fsp3) is 0. The Morgan fingerprint density at radius 2 is 1.93 bits per heavy atom. The Balaban J connectivity index is 1.81. The van der Waals surface area contributed by atoms with Crippen molar-refractivity contribution in [3.05, 3.63) is 74.1 Å². The molecule has 0 aliphatic carbocycles. The Kier molecular flexibility index (Phi) is 5.96. The normalized spacial score (nSPS) is 10.2. The summed E-state index contributed by atoms with van der Waals surface area (Å²) in [5, 5.41) is 14.7. The van der Waals surface area contributed by atoms with E-state index in [1.807, 2.05) is 0 Å². The Bertz CT molecular complexity index is 1030. The lowest BCUT2D eigenvalue weighted by atomic mass is 10.2. The second-order valence-electron chi connectivity index (χ2n) is 5.25. The van der Waals surface area contributed by atoms with Gasteiger partial charge in [-0.3, -0.25) is 25.8 Å². The average Bonchev–Trinajstić information content (AvgIpc) is 2.67. The Hall–Kier alpha value is -3.31. The van der Waals surface area contributed by atoms with Crippen molar-refractivity contribution in [2.75, 3.05) is 10.7 Å². The van der Waals surface area contributed by atoms with Gasteiger partial charge in [0.05, 0.1) is 4.92 Å². The van der Waals surface area contributed by atoms with Gasteiger partial charge in [-0.1, -0.05) is 17.7 Å². The molecule has 2 aromatic heterocycles. The molecule has 28 heavy (non-hydrogen) atoms. The second kappa shape index (κ2) is 8.59. The highest BCUT2D eigenvalue weighted by Gasteiger charge is 2.24. The van der Waals surface area contributed by atoms with Crippen molar-refractivity contribution >= 4 is 56.6 Å². The lowest BCUT2D eigenvalue weighted by molar-refractivity contribution is -0.383. The molecule has 3 N–H and O–H groups in total. The van der Waals surface area contributed by atoms with Crippen molar-refractivity contribution in [2.45, 2.75) is 0 Å². The summed E-state index contributed by atoms with van der Waals surface area (Å²) >= 11 is 9.11. The van der Waals surface area contributed by atoms with Crippen LogP contribution < -0.4 is 16.2 Å². The lowest BCUT2D eigenvalue weighted by Gasteiger charge is -2.10. The minimum absolute atomic E-state index is 0.0886. The predicted octanol–water partition coefficient (Wildman–Crippen LogP) is 3.70. The van der Waals surface area contributed by atoms with Crippen LogP contribution >= 0.6 is 27.5 Å². The summed E-state index contributed by atoms with van der Waals surface area (Å²) in [4.78, 5) is 34.8. The number of nitrogens with one attached hydrogen (secondary N) is 3. The summed E-state index contributed by atoms with van der Waals surface area (Å²) in [6.45, 7) is 0. The third-order valence-electron chi connectivity index (χ3n) is 3.36. The minimum Gasteiger partial charge on any atom is -0.319 e. The van der Waals surface area contributed by atoms with Gasteiger partial charge in [-0.2, -0.15) is 0 Å². The van der Waals surface area contributed by atoms with Crippen LogP contribution in [-0.4, -0.2) is 25.8 Å². The first kappa shape index (κ1) is 19.5. The number of benzene rings is 1. The maximum absolute atomic E-state index is 12.2. The van der Waals surface area contributed by atoms with Crippen LogP contribution in [0.5, 0.6) is 0 Å². The monoisotopic (exact) mass is 463 g/mol. The van der Waals surface area contributed by atoms with E-state index in [1.165, 1.54) is 12.3 Å². The van der Waals surface area contributed by atoms with Gasteiger partial charge in [0.2, 0.25) is 11.6 Å². The number of nitro groups is 1. The van der Waals surface area contributed by atoms with E-state index in [-0.39, 0.29) is 17.2 Å². The van der Waals surface area contributed by atoms with Crippen molar-refractivity contribution in [3.63, 3.8) is 0 Å². The van der Waals surface area contributed by atoms with Crippen LogP contribution in [0.3, 0.4) is 0 Å². The van der Waals surface area contributed by atoms with Gasteiger partial charge in [0.1, 0.15) is 12.1 Å². The Morgan fingerprint density at radius 3 is 2.61 bits per heavy atom. The van der Waals surface area contributed by atoms with Gasteiger partial charge in [0, 0.05) is 21.3 Å². The standard InChI is InChI=1S/C16H11BrClN7O3/c17-10-4-5-12(19-7-10)22-14-13(25(27)28)15(21-8-20-14)23-24-16(26)9-2-1-3-11(18)6-9/h1-8H,(H,24,26)(H2,19,20,21,22,23). The number of carbonyl (C=O) groups is 1. The summed E-state index contributed by atoms with van der Waals surface area (Å²) in [6, 6.07) is 9.56. The largest absolute Gasteiger partial charge is 0.355 e. The van der Waals surface area contributed by atoms with Crippen molar-refractivity contribution in [2.24, 2.45) is 0 Å². The Morgan fingerprint density at radius 1 is 1.14 bits per heavy atom. The van der Waals surface area contributed by atoms with Crippen LogP contribution in [0.2, 0.25) is 5.02 Å².